The van der Waals surface area contributed by atoms with Crippen molar-refractivity contribution >= 4 is 11.6 Å². The molecular weight excluding hydrogens is 219 g/mol. The first-order valence-electron chi connectivity index (χ1n) is 4.72. The molecule has 0 saturated carbocycles. The van der Waals surface area contributed by atoms with Crippen molar-refractivity contribution in [3.05, 3.63) is 22.5 Å². The van der Waals surface area contributed by atoms with E-state index in [1.807, 2.05) is 20.8 Å². The zero-order valence-corrected chi connectivity index (χ0v) is 10.0. The number of ether oxygens (including phenoxy) is 1. The summed E-state index contributed by atoms with van der Waals surface area (Å²) >= 11 is 5.64. The molecule has 0 aliphatic heterocycles. The van der Waals surface area contributed by atoms with E-state index in [0.717, 1.165) is 0 Å². The van der Waals surface area contributed by atoms with E-state index in [0.29, 0.717) is 12.4 Å². The number of hydrogen-bond acceptors (Lipinski definition) is 3. The Bertz CT molecular complexity index is 345. The maximum Gasteiger partial charge on any atom is 0.181 e. The highest BCUT2D eigenvalue weighted by atomic mass is 35.5. The minimum absolute atomic E-state index is 0.162. The van der Waals surface area contributed by atoms with Crippen molar-refractivity contribution in [1.82, 2.24) is 9.97 Å². The lowest BCUT2D eigenvalue weighted by Gasteiger charge is -2.23. The Labute approximate surface area is 93.6 Å². The number of hydrogen-bond donors (Lipinski definition) is 0. The molecule has 0 aliphatic rings. The summed E-state index contributed by atoms with van der Waals surface area (Å²) in [4.78, 5) is 7.91. The molecule has 0 fully saturated rings. The van der Waals surface area contributed by atoms with E-state index < -0.39 is 11.4 Å². The molecule has 0 aliphatic carbocycles. The van der Waals surface area contributed by atoms with Crippen LogP contribution in [-0.4, -0.2) is 16.6 Å². The van der Waals surface area contributed by atoms with Gasteiger partial charge in [-0.3, -0.25) is 0 Å². The van der Waals surface area contributed by atoms with Gasteiger partial charge in [0.2, 0.25) is 0 Å². The molecule has 15 heavy (non-hydrogen) atoms. The minimum atomic E-state index is -0.656. The monoisotopic (exact) mass is 232 g/mol. The lowest BCUT2D eigenvalue weighted by molar-refractivity contribution is -0.0210. The van der Waals surface area contributed by atoms with Crippen LogP contribution in [0.1, 0.15) is 32.3 Å². The second-order valence-corrected chi connectivity index (χ2v) is 4.04. The van der Waals surface area contributed by atoms with Gasteiger partial charge in [-0.1, -0.05) is 11.6 Å². The van der Waals surface area contributed by atoms with Crippen molar-refractivity contribution in [2.75, 3.05) is 6.61 Å². The van der Waals surface area contributed by atoms with Gasteiger partial charge in [-0.2, -0.15) is 0 Å². The molecule has 1 heterocycles. The van der Waals surface area contributed by atoms with Gasteiger partial charge in [-0.25, -0.2) is 14.4 Å². The van der Waals surface area contributed by atoms with E-state index in [-0.39, 0.29) is 10.8 Å². The predicted octanol–water partition coefficient (Wildman–Crippen LogP) is 2.85. The fourth-order valence-corrected chi connectivity index (χ4v) is 1.44. The largest absolute Gasteiger partial charge is 0.368 e. The molecule has 3 nitrogen and oxygen atoms in total. The summed E-state index contributed by atoms with van der Waals surface area (Å²) in [6, 6.07) is 0. The summed E-state index contributed by atoms with van der Waals surface area (Å²) in [5.74, 6) is -0.180. The van der Waals surface area contributed by atoms with E-state index in [1.54, 1.807) is 6.92 Å². The Morgan fingerprint density at radius 3 is 2.47 bits per heavy atom. The second-order valence-electron chi connectivity index (χ2n) is 3.68. The number of rotatable bonds is 3. The fraction of sp³-hybridized carbons (Fsp3) is 0.600. The Hall–Kier alpha value is -0.740. The summed E-state index contributed by atoms with van der Waals surface area (Å²) < 4.78 is 18.6. The van der Waals surface area contributed by atoms with Crippen LogP contribution in [0.4, 0.5) is 4.39 Å². The summed E-state index contributed by atoms with van der Waals surface area (Å²) in [6.45, 7) is 7.59. The highest BCUT2D eigenvalue weighted by Crippen LogP contribution is 2.24. The van der Waals surface area contributed by atoms with E-state index in [1.165, 1.54) is 0 Å². The van der Waals surface area contributed by atoms with Crippen LogP contribution in [0.3, 0.4) is 0 Å². The smallest absolute Gasteiger partial charge is 0.181 e. The normalized spacial score (nSPS) is 11.9. The molecule has 1 aromatic rings. The molecule has 5 heteroatoms. The molecule has 1 aromatic heterocycles. The summed E-state index contributed by atoms with van der Waals surface area (Å²) in [5.41, 5.74) is -0.422. The van der Waals surface area contributed by atoms with E-state index in [9.17, 15) is 4.39 Å². The van der Waals surface area contributed by atoms with Crippen LogP contribution in [0.25, 0.3) is 0 Å². The van der Waals surface area contributed by atoms with Gasteiger partial charge in [0, 0.05) is 6.61 Å². The van der Waals surface area contributed by atoms with Crippen molar-refractivity contribution < 1.29 is 9.13 Å². The summed E-state index contributed by atoms with van der Waals surface area (Å²) in [6.07, 6.45) is 0. The third kappa shape index (κ3) is 2.63. The van der Waals surface area contributed by atoms with Crippen molar-refractivity contribution in [3.8, 4) is 0 Å². The predicted molar refractivity (Wildman–Crippen MR) is 56.4 cm³/mol. The average Bonchev–Trinajstić information content (AvgIpc) is 2.13. The van der Waals surface area contributed by atoms with Gasteiger partial charge >= 0.3 is 0 Å². The Balaban J connectivity index is 3.16. The van der Waals surface area contributed by atoms with Crippen LogP contribution < -0.4 is 0 Å². The zero-order chi connectivity index (χ0) is 11.6. The first-order chi connectivity index (χ1) is 6.88. The molecule has 0 aromatic carbocycles. The molecule has 0 amide bonds. The Morgan fingerprint density at radius 1 is 1.40 bits per heavy atom. The molecule has 0 unspecified atom stereocenters. The molecule has 84 valence electrons. The Kier molecular flexibility index (Phi) is 3.62. The highest BCUT2D eigenvalue weighted by molar-refractivity contribution is 6.29. The molecule has 0 radical (unpaired) electrons. The lowest BCUT2D eigenvalue weighted by atomic mass is 10.1. The van der Waals surface area contributed by atoms with Gasteiger partial charge < -0.3 is 4.74 Å². The van der Waals surface area contributed by atoms with E-state index >= 15 is 0 Å². The van der Waals surface area contributed by atoms with Crippen LogP contribution in [-0.2, 0) is 10.3 Å². The summed E-state index contributed by atoms with van der Waals surface area (Å²) in [7, 11) is 0. The van der Waals surface area contributed by atoms with Crippen molar-refractivity contribution in [1.29, 1.82) is 0 Å². The van der Waals surface area contributed by atoms with E-state index in [2.05, 4.69) is 9.97 Å². The molecule has 0 saturated heterocycles. The first kappa shape index (κ1) is 12.3. The van der Waals surface area contributed by atoms with Gasteiger partial charge in [0.25, 0.3) is 0 Å². The highest BCUT2D eigenvalue weighted by Gasteiger charge is 2.26. The van der Waals surface area contributed by atoms with Crippen LogP contribution in [0.2, 0.25) is 5.15 Å². The van der Waals surface area contributed by atoms with Crippen molar-refractivity contribution in [3.63, 3.8) is 0 Å². The zero-order valence-electron chi connectivity index (χ0n) is 9.27. The van der Waals surface area contributed by atoms with Crippen LogP contribution in [0, 0.1) is 12.7 Å². The van der Waals surface area contributed by atoms with E-state index in [4.69, 9.17) is 16.3 Å². The number of aryl methyl sites for hydroxylation is 1. The van der Waals surface area contributed by atoms with Crippen LogP contribution >= 0.6 is 11.6 Å². The molecule has 0 spiro atoms. The fourth-order valence-electron chi connectivity index (χ4n) is 1.22. The minimum Gasteiger partial charge on any atom is -0.368 e. The van der Waals surface area contributed by atoms with Gasteiger partial charge in [-0.05, 0) is 27.7 Å². The average molecular weight is 233 g/mol. The van der Waals surface area contributed by atoms with Crippen molar-refractivity contribution in [2.45, 2.75) is 33.3 Å². The number of nitrogens with zero attached hydrogens (tertiary/aromatic N) is 2. The van der Waals surface area contributed by atoms with Crippen LogP contribution in [0.15, 0.2) is 0 Å². The Morgan fingerprint density at radius 2 is 2.00 bits per heavy atom. The van der Waals surface area contributed by atoms with Gasteiger partial charge in [0.1, 0.15) is 5.60 Å². The maximum atomic E-state index is 13.2. The van der Waals surface area contributed by atoms with Crippen molar-refractivity contribution in [2.24, 2.45) is 0 Å². The van der Waals surface area contributed by atoms with Gasteiger partial charge in [0.15, 0.2) is 16.8 Å². The second kappa shape index (κ2) is 4.41. The van der Waals surface area contributed by atoms with Gasteiger partial charge in [-0.15, -0.1) is 0 Å². The molecular formula is C10H14ClFN2O. The topological polar surface area (TPSA) is 35.0 Å². The third-order valence-corrected chi connectivity index (χ3v) is 2.27. The maximum absolute atomic E-state index is 13.2. The number of halogens is 2. The first-order valence-corrected chi connectivity index (χ1v) is 5.10. The molecule has 1 rings (SSSR count). The standard InChI is InChI=1S/C10H14ClFN2O/c1-5-15-10(3,4)9-13-6(2)7(12)8(11)14-9/h5H2,1-4H3. The summed E-state index contributed by atoms with van der Waals surface area (Å²) in [5, 5.41) is -0.162. The SMILES string of the molecule is CCOC(C)(C)c1nc(C)c(F)c(Cl)n1. The van der Waals surface area contributed by atoms with Gasteiger partial charge in [0.05, 0.1) is 5.69 Å². The lowest BCUT2D eigenvalue weighted by Crippen LogP contribution is -2.25. The molecule has 0 atom stereocenters. The third-order valence-electron chi connectivity index (χ3n) is 2.02. The molecule has 0 bridgehead atoms. The number of aromatic nitrogens is 2. The quantitative estimate of drug-likeness (QED) is 0.752. The molecule has 0 N–H and O–H groups in total. The van der Waals surface area contributed by atoms with Crippen LogP contribution in [0.5, 0.6) is 0 Å².